The first kappa shape index (κ1) is 15.4. The largest absolute Gasteiger partial charge is 0.392 e. The number of hydrogen-bond donors (Lipinski definition) is 2. The van der Waals surface area contributed by atoms with Crippen LogP contribution in [0.1, 0.15) is 19.4 Å². The molecule has 0 aliphatic heterocycles. The van der Waals surface area contributed by atoms with Crippen LogP contribution < -0.4 is 10.2 Å². The molecule has 0 aliphatic carbocycles. The Hall–Kier alpha value is -1.62. The van der Waals surface area contributed by atoms with E-state index in [1.165, 1.54) is 12.1 Å². The van der Waals surface area contributed by atoms with Crippen LogP contribution in [0, 0.1) is 11.7 Å². The number of aliphatic hydroxyl groups excluding tert-OH is 1. The molecule has 1 aromatic carbocycles. The van der Waals surface area contributed by atoms with Gasteiger partial charge in [0, 0.05) is 19.3 Å². The summed E-state index contributed by atoms with van der Waals surface area (Å²) in [7, 11) is 1.71. The Bertz CT molecular complexity index is 435. The van der Waals surface area contributed by atoms with Crippen molar-refractivity contribution in [3.8, 4) is 0 Å². The fourth-order valence-electron chi connectivity index (χ4n) is 1.63. The summed E-state index contributed by atoms with van der Waals surface area (Å²) in [6.45, 7) is 4.59. The van der Waals surface area contributed by atoms with E-state index in [1.807, 2.05) is 13.8 Å². The summed E-state index contributed by atoms with van der Waals surface area (Å²) < 4.78 is 13.3. The van der Waals surface area contributed by atoms with Gasteiger partial charge in [-0.15, -0.1) is 0 Å². The van der Waals surface area contributed by atoms with Gasteiger partial charge in [0.1, 0.15) is 5.82 Å². The number of nitrogens with zero attached hydrogens (tertiary/aromatic N) is 1. The lowest BCUT2D eigenvalue weighted by molar-refractivity contribution is -0.119. The van der Waals surface area contributed by atoms with Crippen molar-refractivity contribution in [1.82, 2.24) is 5.32 Å². The van der Waals surface area contributed by atoms with Crippen LogP contribution in [-0.4, -0.2) is 31.2 Å². The maximum atomic E-state index is 13.3. The standard InChI is InChI=1S/C14H21FN2O2/c1-10(2)7-16-14(19)8-17(3)13-5-11(9-18)4-12(15)6-13/h4-6,10,18H,7-9H2,1-3H3,(H,16,19). The van der Waals surface area contributed by atoms with Crippen LogP contribution >= 0.6 is 0 Å². The van der Waals surface area contributed by atoms with Crippen molar-refractivity contribution >= 4 is 11.6 Å². The van der Waals surface area contributed by atoms with E-state index in [1.54, 1.807) is 18.0 Å². The number of amides is 1. The summed E-state index contributed by atoms with van der Waals surface area (Å²) in [6.07, 6.45) is 0. The van der Waals surface area contributed by atoms with Crippen molar-refractivity contribution in [3.63, 3.8) is 0 Å². The summed E-state index contributed by atoms with van der Waals surface area (Å²) >= 11 is 0. The van der Waals surface area contributed by atoms with Crippen LogP contribution in [0.4, 0.5) is 10.1 Å². The molecule has 106 valence electrons. The molecule has 0 spiro atoms. The van der Waals surface area contributed by atoms with Gasteiger partial charge in [0.05, 0.1) is 13.2 Å². The van der Waals surface area contributed by atoms with Gasteiger partial charge in [0.25, 0.3) is 0 Å². The third kappa shape index (κ3) is 5.26. The van der Waals surface area contributed by atoms with Crippen molar-refractivity contribution in [2.24, 2.45) is 5.92 Å². The van der Waals surface area contributed by atoms with E-state index < -0.39 is 5.82 Å². The molecule has 0 radical (unpaired) electrons. The zero-order chi connectivity index (χ0) is 14.4. The molecule has 0 atom stereocenters. The number of nitrogens with one attached hydrogen (secondary N) is 1. The minimum absolute atomic E-state index is 0.106. The molecule has 4 nitrogen and oxygen atoms in total. The summed E-state index contributed by atoms with van der Waals surface area (Å²) in [4.78, 5) is 13.3. The SMILES string of the molecule is CC(C)CNC(=O)CN(C)c1cc(F)cc(CO)c1. The number of halogens is 1. The van der Waals surface area contributed by atoms with Gasteiger partial charge >= 0.3 is 0 Å². The van der Waals surface area contributed by atoms with Gasteiger partial charge in [-0.25, -0.2) is 4.39 Å². The third-order valence-corrected chi connectivity index (χ3v) is 2.65. The molecule has 0 unspecified atom stereocenters. The topological polar surface area (TPSA) is 52.6 Å². The first-order valence-electron chi connectivity index (χ1n) is 6.30. The number of aliphatic hydroxyl groups is 1. The highest BCUT2D eigenvalue weighted by atomic mass is 19.1. The van der Waals surface area contributed by atoms with E-state index in [9.17, 15) is 9.18 Å². The van der Waals surface area contributed by atoms with Crippen molar-refractivity contribution in [3.05, 3.63) is 29.6 Å². The molecule has 0 saturated carbocycles. The van der Waals surface area contributed by atoms with Crippen molar-refractivity contribution < 1.29 is 14.3 Å². The van der Waals surface area contributed by atoms with E-state index in [4.69, 9.17) is 5.11 Å². The molecule has 0 fully saturated rings. The fraction of sp³-hybridized carbons (Fsp3) is 0.500. The van der Waals surface area contributed by atoms with Gasteiger partial charge in [-0.2, -0.15) is 0 Å². The van der Waals surface area contributed by atoms with Gasteiger partial charge in [-0.1, -0.05) is 13.8 Å². The molecule has 0 saturated heterocycles. The zero-order valence-electron chi connectivity index (χ0n) is 11.6. The minimum Gasteiger partial charge on any atom is -0.392 e. The van der Waals surface area contributed by atoms with Crippen LogP contribution in [0.5, 0.6) is 0 Å². The maximum absolute atomic E-state index is 13.3. The van der Waals surface area contributed by atoms with Crippen LogP contribution in [0.3, 0.4) is 0 Å². The number of hydrogen-bond acceptors (Lipinski definition) is 3. The molecule has 1 rings (SSSR count). The van der Waals surface area contributed by atoms with E-state index in [0.29, 0.717) is 23.7 Å². The second-order valence-corrected chi connectivity index (χ2v) is 5.03. The molecule has 2 N–H and O–H groups in total. The normalized spacial score (nSPS) is 10.6. The number of carbonyl (C=O) groups excluding carboxylic acids is 1. The number of carbonyl (C=O) groups is 1. The molecular weight excluding hydrogens is 247 g/mol. The fourth-order valence-corrected chi connectivity index (χ4v) is 1.63. The van der Waals surface area contributed by atoms with Crippen molar-refractivity contribution in [1.29, 1.82) is 0 Å². The summed E-state index contributed by atoms with van der Waals surface area (Å²) in [5.41, 5.74) is 1.06. The Morgan fingerprint density at radius 3 is 2.68 bits per heavy atom. The highest BCUT2D eigenvalue weighted by Crippen LogP contribution is 2.17. The Balaban J connectivity index is 2.64. The van der Waals surface area contributed by atoms with E-state index in [0.717, 1.165) is 0 Å². The first-order valence-corrected chi connectivity index (χ1v) is 6.30. The highest BCUT2D eigenvalue weighted by Gasteiger charge is 2.09. The highest BCUT2D eigenvalue weighted by molar-refractivity contribution is 5.81. The van der Waals surface area contributed by atoms with Crippen LogP contribution in [0.15, 0.2) is 18.2 Å². The van der Waals surface area contributed by atoms with E-state index >= 15 is 0 Å². The molecular formula is C14H21FN2O2. The number of benzene rings is 1. The summed E-state index contributed by atoms with van der Waals surface area (Å²) in [5.74, 6) is -0.133. The van der Waals surface area contributed by atoms with Crippen LogP contribution in [0.25, 0.3) is 0 Å². The van der Waals surface area contributed by atoms with E-state index in [-0.39, 0.29) is 19.1 Å². The Morgan fingerprint density at radius 2 is 2.11 bits per heavy atom. The lowest BCUT2D eigenvalue weighted by Gasteiger charge is -2.20. The quantitative estimate of drug-likeness (QED) is 0.822. The second-order valence-electron chi connectivity index (χ2n) is 5.03. The van der Waals surface area contributed by atoms with Crippen LogP contribution in [0.2, 0.25) is 0 Å². The predicted molar refractivity (Wildman–Crippen MR) is 73.4 cm³/mol. The lowest BCUT2D eigenvalue weighted by Crippen LogP contribution is -2.36. The first-order chi connectivity index (χ1) is 8.92. The smallest absolute Gasteiger partial charge is 0.239 e. The number of likely N-dealkylation sites (N-methyl/N-ethyl adjacent to an activating group) is 1. The van der Waals surface area contributed by atoms with Gasteiger partial charge in [-0.3, -0.25) is 4.79 Å². The van der Waals surface area contributed by atoms with Gasteiger partial charge in [-0.05, 0) is 29.7 Å². The summed E-state index contributed by atoms with van der Waals surface area (Å²) in [5, 5.41) is 11.8. The monoisotopic (exact) mass is 268 g/mol. The Labute approximate surface area is 113 Å². The molecule has 0 heterocycles. The molecule has 0 bridgehead atoms. The average molecular weight is 268 g/mol. The zero-order valence-corrected chi connectivity index (χ0v) is 11.6. The second kappa shape index (κ2) is 7.09. The Kier molecular flexibility index (Phi) is 5.76. The average Bonchev–Trinajstić information content (AvgIpc) is 2.35. The number of rotatable bonds is 6. The van der Waals surface area contributed by atoms with E-state index in [2.05, 4.69) is 5.32 Å². The molecule has 5 heteroatoms. The van der Waals surface area contributed by atoms with Crippen LogP contribution in [-0.2, 0) is 11.4 Å². The number of anilines is 1. The lowest BCUT2D eigenvalue weighted by atomic mass is 10.2. The van der Waals surface area contributed by atoms with Gasteiger partial charge in [0.15, 0.2) is 0 Å². The molecule has 0 aromatic heterocycles. The van der Waals surface area contributed by atoms with Gasteiger partial charge in [0.2, 0.25) is 5.91 Å². The molecule has 1 aromatic rings. The summed E-state index contributed by atoms with van der Waals surface area (Å²) in [6, 6.07) is 4.28. The van der Waals surface area contributed by atoms with Crippen molar-refractivity contribution in [2.45, 2.75) is 20.5 Å². The third-order valence-electron chi connectivity index (χ3n) is 2.65. The van der Waals surface area contributed by atoms with Gasteiger partial charge < -0.3 is 15.3 Å². The molecule has 1 amide bonds. The molecule has 19 heavy (non-hydrogen) atoms. The maximum Gasteiger partial charge on any atom is 0.239 e. The predicted octanol–water partition coefficient (Wildman–Crippen LogP) is 1.53. The van der Waals surface area contributed by atoms with Crippen molar-refractivity contribution in [2.75, 3.05) is 25.0 Å². The minimum atomic E-state index is -0.420. The Morgan fingerprint density at radius 1 is 1.42 bits per heavy atom. The molecule has 0 aliphatic rings.